The van der Waals surface area contributed by atoms with Gasteiger partial charge in [-0.05, 0) is 67.5 Å². The van der Waals surface area contributed by atoms with Crippen LogP contribution in [0.1, 0.15) is 47.6 Å². The summed E-state index contributed by atoms with van der Waals surface area (Å²) in [6, 6.07) is 13.3. The first-order valence-electron chi connectivity index (χ1n) is 13.2. The second-order valence-electron chi connectivity index (χ2n) is 11.1. The van der Waals surface area contributed by atoms with Gasteiger partial charge in [0, 0.05) is 35.9 Å². The Morgan fingerprint density at radius 1 is 1.05 bits per heavy atom. The van der Waals surface area contributed by atoms with Crippen molar-refractivity contribution in [3.8, 4) is 0 Å². The van der Waals surface area contributed by atoms with Gasteiger partial charge in [0.05, 0.1) is 5.41 Å². The predicted molar refractivity (Wildman–Crippen MR) is 143 cm³/mol. The van der Waals surface area contributed by atoms with Gasteiger partial charge in [-0.25, -0.2) is 13.8 Å². The van der Waals surface area contributed by atoms with Crippen molar-refractivity contribution in [2.24, 2.45) is 10.9 Å². The minimum absolute atomic E-state index is 0.0171. The summed E-state index contributed by atoms with van der Waals surface area (Å²) in [5.41, 5.74) is 3.11. The van der Waals surface area contributed by atoms with Crippen molar-refractivity contribution in [1.29, 1.82) is 0 Å². The summed E-state index contributed by atoms with van der Waals surface area (Å²) in [7, 11) is 0. The lowest BCUT2D eigenvalue weighted by atomic mass is 9.79. The van der Waals surface area contributed by atoms with Crippen LogP contribution in [0.5, 0.6) is 0 Å². The quantitative estimate of drug-likeness (QED) is 0.515. The molecule has 1 saturated carbocycles. The maximum Gasteiger partial charge on any atom is 0.270 e. The van der Waals surface area contributed by atoms with Crippen molar-refractivity contribution < 1.29 is 18.4 Å². The van der Waals surface area contributed by atoms with Gasteiger partial charge in [0.2, 0.25) is 5.91 Å². The molecule has 196 valence electrons. The summed E-state index contributed by atoms with van der Waals surface area (Å²) in [4.78, 5) is 37.0. The topological polar surface area (TPSA) is 74.7 Å². The Morgan fingerprint density at radius 3 is 2.59 bits per heavy atom. The predicted octanol–water partition coefficient (Wildman–Crippen LogP) is 4.93. The van der Waals surface area contributed by atoms with E-state index < -0.39 is 22.7 Å². The first-order chi connectivity index (χ1) is 18.8. The number of amides is 2. The van der Waals surface area contributed by atoms with Gasteiger partial charge < -0.3 is 10.2 Å². The summed E-state index contributed by atoms with van der Waals surface area (Å²) in [5, 5.41) is 2.93. The molecule has 6 nitrogen and oxygen atoms in total. The molecule has 1 aromatic heterocycles. The second kappa shape index (κ2) is 8.40. The van der Waals surface area contributed by atoms with Crippen LogP contribution in [0.15, 0.2) is 65.8 Å². The first kappa shape index (κ1) is 23.9. The molecule has 8 heteroatoms. The van der Waals surface area contributed by atoms with Crippen LogP contribution >= 0.6 is 0 Å². The molecule has 0 saturated heterocycles. The lowest BCUT2D eigenvalue weighted by Crippen LogP contribution is -2.43. The number of rotatable bonds is 5. The monoisotopic (exact) mass is 524 g/mol. The highest BCUT2D eigenvalue weighted by molar-refractivity contribution is 6.41. The molecule has 0 radical (unpaired) electrons. The van der Waals surface area contributed by atoms with Crippen LogP contribution in [0, 0.1) is 17.6 Å². The fourth-order valence-electron chi connectivity index (χ4n) is 6.29. The number of aromatic nitrogens is 1. The van der Waals surface area contributed by atoms with Crippen molar-refractivity contribution in [1.82, 2.24) is 9.88 Å². The lowest BCUT2D eigenvalue weighted by Gasteiger charge is -2.33. The molecule has 7 rings (SSSR count). The van der Waals surface area contributed by atoms with Gasteiger partial charge in [0.1, 0.15) is 23.2 Å². The Bertz CT molecular complexity index is 1610. The first-order valence-corrected chi connectivity index (χ1v) is 13.2. The highest BCUT2D eigenvalue weighted by Crippen LogP contribution is 2.47. The Kier molecular flexibility index (Phi) is 5.14. The summed E-state index contributed by atoms with van der Waals surface area (Å²) >= 11 is 0. The number of aliphatic imine (C=N–C) groups is 1. The molecule has 2 unspecified atom stereocenters. The number of carbonyl (C=O) groups excluding carboxylic acids is 2. The molecule has 2 amide bonds. The van der Waals surface area contributed by atoms with E-state index in [4.69, 9.17) is 4.99 Å². The maximum absolute atomic E-state index is 14.1. The van der Waals surface area contributed by atoms with Crippen molar-refractivity contribution in [2.45, 2.75) is 43.7 Å². The van der Waals surface area contributed by atoms with E-state index in [1.54, 1.807) is 18.0 Å². The number of fused-ring (bicyclic) bond motifs is 3. The third-order valence-electron chi connectivity index (χ3n) is 8.50. The lowest BCUT2D eigenvalue weighted by molar-refractivity contribution is -0.127. The normalized spacial score (nSPS) is 25.4. The van der Waals surface area contributed by atoms with Gasteiger partial charge in [-0.2, -0.15) is 0 Å². The van der Waals surface area contributed by atoms with Gasteiger partial charge in [-0.15, -0.1) is 0 Å². The summed E-state index contributed by atoms with van der Waals surface area (Å²) in [6.07, 6.45) is 8.52. The number of nitrogens with one attached hydrogen (secondary N) is 1. The van der Waals surface area contributed by atoms with Gasteiger partial charge in [0.25, 0.3) is 5.91 Å². The van der Waals surface area contributed by atoms with E-state index in [0.29, 0.717) is 29.9 Å². The fourth-order valence-corrected chi connectivity index (χ4v) is 6.29. The Hall–Kier alpha value is -4.20. The summed E-state index contributed by atoms with van der Waals surface area (Å²) in [5.74, 6) is -0.855. The largest absolute Gasteiger partial charge is 0.310 e. The van der Waals surface area contributed by atoms with E-state index in [2.05, 4.69) is 22.4 Å². The molecular weight excluding hydrogens is 498 g/mol. The molecule has 3 heterocycles. The molecule has 39 heavy (non-hydrogen) atoms. The number of benzene rings is 2. The number of pyridine rings is 1. The van der Waals surface area contributed by atoms with Crippen molar-refractivity contribution in [3.05, 3.63) is 100 Å². The molecule has 1 spiro atoms. The zero-order valence-electron chi connectivity index (χ0n) is 21.4. The van der Waals surface area contributed by atoms with Gasteiger partial charge in [-0.1, -0.05) is 36.4 Å². The Morgan fingerprint density at radius 2 is 1.82 bits per heavy atom. The van der Waals surface area contributed by atoms with E-state index in [1.807, 2.05) is 30.4 Å². The van der Waals surface area contributed by atoms with E-state index in [1.165, 1.54) is 12.1 Å². The zero-order valence-corrected chi connectivity index (χ0v) is 21.4. The Balaban J connectivity index is 1.14. The molecule has 2 aliphatic carbocycles. The average Bonchev–Trinajstić information content (AvgIpc) is 3.55. The molecule has 1 fully saturated rings. The van der Waals surface area contributed by atoms with E-state index >= 15 is 0 Å². The van der Waals surface area contributed by atoms with E-state index in [9.17, 15) is 18.4 Å². The van der Waals surface area contributed by atoms with E-state index in [0.717, 1.165) is 41.2 Å². The number of carbonyl (C=O) groups is 2. The molecule has 2 aliphatic heterocycles. The smallest absolute Gasteiger partial charge is 0.270 e. The summed E-state index contributed by atoms with van der Waals surface area (Å²) < 4.78 is 28.2. The van der Waals surface area contributed by atoms with Crippen molar-refractivity contribution in [2.75, 3.05) is 11.9 Å². The fraction of sp³-hybridized carbons (Fsp3) is 0.290. The van der Waals surface area contributed by atoms with Crippen LogP contribution in [0.4, 0.5) is 14.6 Å². The Labute approximate surface area is 224 Å². The van der Waals surface area contributed by atoms with Crippen LogP contribution in [0.25, 0.3) is 6.08 Å². The second-order valence-corrected chi connectivity index (χ2v) is 11.1. The minimum atomic E-state index is -1.19. The number of hydrogen-bond donors (Lipinski definition) is 1. The van der Waals surface area contributed by atoms with Crippen LogP contribution in [-0.4, -0.2) is 34.0 Å². The molecule has 0 bridgehead atoms. The number of hydrogen-bond acceptors (Lipinski definition) is 4. The average molecular weight is 525 g/mol. The minimum Gasteiger partial charge on any atom is -0.310 e. The standard InChI is InChI=1S/C31H26F2N4O2/c1-30(22-13-23(32)15-24(33)14-22)36-26(19-8-9-19)28(38)37(30)11-3-4-18-6-7-20-16-31(17-21(20)12-18)25-5-2-10-34-27(25)35-29(31)39/h2-7,10,12-15,19H,8-9,11,16-17H2,1H3,(H,34,35,39)/b4-3+. The molecular formula is C31H26F2N4O2. The van der Waals surface area contributed by atoms with Gasteiger partial charge in [-0.3, -0.25) is 14.6 Å². The highest BCUT2D eigenvalue weighted by Gasteiger charge is 2.51. The van der Waals surface area contributed by atoms with Crippen molar-refractivity contribution >= 4 is 29.4 Å². The molecule has 2 aromatic carbocycles. The number of anilines is 1. The van der Waals surface area contributed by atoms with Crippen LogP contribution < -0.4 is 5.32 Å². The molecule has 2 atom stereocenters. The molecule has 3 aromatic rings. The van der Waals surface area contributed by atoms with Gasteiger partial charge >= 0.3 is 0 Å². The maximum atomic E-state index is 14.1. The molecule has 1 N–H and O–H groups in total. The van der Waals surface area contributed by atoms with Crippen LogP contribution in [0.3, 0.4) is 0 Å². The number of nitrogens with zero attached hydrogens (tertiary/aromatic N) is 3. The van der Waals surface area contributed by atoms with Crippen LogP contribution in [-0.2, 0) is 33.5 Å². The zero-order chi connectivity index (χ0) is 26.9. The van der Waals surface area contributed by atoms with Crippen molar-refractivity contribution in [3.63, 3.8) is 0 Å². The highest BCUT2D eigenvalue weighted by atomic mass is 19.1. The third kappa shape index (κ3) is 3.72. The summed E-state index contributed by atoms with van der Waals surface area (Å²) in [6.45, 7) is 1.96. The van der Waals surface area contributed by atoms with Crippen LogP contribution in [0.2, 0.25) is 0 Å². The third-order valence-corrected chi connectivity index (χ3v) is 8.50. The van der Waals surface area contributed by atoms with Gasteiger partial charge in [0.15, 0.2) is 5.66 Å². The number of halogens is 2. The van der Waals surface area contributed by atoms with E-state index in [-0.39, 0.29) is 24.3 Å². The molecule has 4 aliphatic rings. The SMILES string of the molecule is CC1(c2cc(F)cc(F)c2)N=C(C2CC2)C(=O)N1C/C=C/c1ccc2c(c1)CC1(C2)C(=O)Nc2ncccc21.